The van der Waals surface area contributed by atoms with E-state index >= 15 is 0 Å². The van der Waals surface area contributed by atoms with E-state index in [1.165, 1.54) is 18.3 Å². The molecule has 0 radical (unpaired) electrons. The number of hydrogen-bond acceptors (Lipinski definition) is 4. The minimum atomic E-state index is -1.10. The first-order valence-corrected chi connectivity index (χ1v) is 4.74. The highest BCUT2D eigenvalue weighted by Gasteiger charge is 2.07. The third-order valence-electron chi connectivity index (χ3n) is 1.77. The van der Waals surface area contributed by atoms with E-state index in [0.717, 1.165) is 0 Å². The molecule has 1 atom stereocenters. The molecule has 0 bridgehead atoms. The SMILES string of the molecule is CC(N)CC(=O)Nc1ccc(C(=O)O)nc1. The second kappa shape index (κ2) is 5.22. The zero-order chi connectivity index (χ0) is 12.1. The molecule has 0 aliphatic rings. The minimum Gasteiger partial charge on any atom is -0.477 e. The van der Waals surface area contributed by atoms with Gasteiger partial charge in [-0.15, -0.1) is 0 Å². The molecule has 0 aromatic carbocycles. The molecular weight excluding hydrogens is 210 g/mol. The lowest BCUT2D eigenvalue weighted by atomic mass is 10.2. The van der Waals surface area contributed by atoms with Gasteiger partial charge in [0.05, 0.1) is 11.9 Å². The number of carbonyl (C=O) groups excluding carboxylic acids is 1. The van der Waals surface area contributed by atoms with Crippen molar-refractivity contribution in [2.75, 3.05) is 5.32 Å². The van der Waals surface area contributed by atoms with E-state index in [4.69, 9.17) is 10.8 Å². The van der Waals surface area contributed by atoms with E-state index in [-0.39, 0.29) is 24.1 Å². The topological polar surface area (TPSA) is 105 Å². The molecule has 0 fully saturated rings. The van der Waals surface area contributed by atoms with Crippen molar-refractivity contribution in [3.8, 4) is 0 Å². The zero-order valence-corrected chi connectivity index (χ0v) is 8.80. The molecule has 0 aliphatic heterocycles. The summed E-state index contributed by atoms with van der Waals surface area (Å²) in [6.07, 6.45) is 1.50. The number of aromatic carboxylic acids is 1. The Morgan fingerprint density at radius 2 is 2.25 bits per heavy atom. The van der Waals surface area contributed by atoms with Crippen LogP contribution < -0.4 is 11.1 Å². The number of anilines is 1. The number of carbonyl (C=O) groups is 2. The quantitative estimate of drug-likeness (QED) is 0.687. The number of pyridine rings is 1. The van der Waals surface area contributed by atoms with Crippen LogP contribution in [-0.2, 0) is 4.79 Å². The van der Waals surface area contributed by atoms with E-state index in [0.29, 0.717) is 5.69 Å². The molecule has 0 saturated heterocycles. The number of amides is 1. The smallest absolute Gasteiger partial charge is 0.354 e. The molecule has 0 spiro atoms. The number of nitrogens with one attached hydrogen (secondary N) is 1. The Balaban J connectivity index is 2.62. The van der Waals surface area contributed by atoms with Gasteiger partial charge in [0.25, 0.3) is 0 Å². The summed E-state index contributed by atoms with van der Waals surface area (Å²) in [5.41, 5.74) is 5.85. The maximum absolute atomic E-state index is 11.3. The van der Waals surface area contributed by atoms with Gasteiger partial charge in [-0.1, -0.05) is 0 Å². The molecule has 1 aromatic rings. The Hall–Kier alpha value is -1.95. The van der Waals surface area contributed by atoms with Gasteiger partial charge in [0.15, 0.2) is 0 Å². The average Bonchev–Trinajstić information content (AvgIpc) is 2.16. The van der Waals surface area contributed by atoms with Crippen LogP contribution in [0.15, 0.2) is 18.3 Å². The van der Waals surface area contributed by atoms with Crippen molar-refractivity contribution in [1.29, 1.82) is 0 Å². The van der Waals surface area contributed by atoms with Crippen LogP contribution in [0.4, 0.5) is 5.69 Å². The Kier molecular flexibility index (Phi) is 3.96. The molecule has 6 nitrogen and oxygen atoms in total. The lowest BCUT2D eigenvalue weighted by Gasteiger charge is -2.06. The van der Waals surface area contributed by atoms with E-state index in [1.807, 2.05) is 0 Å². The van der Waals surface area contributed by atoms with E-state index < -0.39 is 5.97 Å². The standard InChI is InChI=1S/C10H13N3O3/c1-6(11)4-9(14)13-7-2-3-8(10(15)16)12-5-7/h2-3,5-6H,4,11H2,1H3,(H,13,14)(H,15,16). The normalized spacial score (nSPS) is 11.9. The summed E-state index contributed by atoms with van der Waals surface area (Å²) in [6.45, 7) is 1.73. The van der Waals surface area contributed by atoms with Gasteiger partial charge in [0.1, 0.15) is 5.69 Å². The van der Waals surface area contributed by atoms with E-state index in [1.54, 1.807) is 6.92 Å². The van der Waals surface area contributed by atoms with Crippen LogP contribution in [-0.4, -0.2) is 28.0 Å². The first-order valence-electron chi connectivity index (χ1n) is 4.74. The number of carboxylic acids is 1. The summed E-state index contributed by atoms with van der Waals surface area (Å²) in [7, 11) is 0. The van der Waals surface area contributed by atoms with Gasteiger partial charge in [-0.3, -0.25) is 4.79 Å². The number of nitrogens with zero attached hydrogens (tertiary/aromatic N) is 1. The summed E-state index contributed by atoms with van der Waals surface area (Å²) < 4.78 is 0. The van der Waals surface area contributed by atoms with Gasteiger partial charge in [-0.05, 0) is 19.1 Å². The molecule has 6 heteroatoms. The highest BCUT2D eigenvalue weighted by Crippen LogP contribution is 2.06. The molecule has 1 aromatic heterocycles. The first-order chi connectivity index (χ1) is 7.49. The van der Waals surface area contributed by atoms with Gasteiger partial charge in [0, 0.05) is 12.5 Å². The van der Waals surface area contributed by atoms with Crippen molar-refractivity contribution >= 4 is 17.6 Å². The molecule has 4 N–H and O–H groups in total. The molecule has 1 heterocycles. The van der Waals surface area contributed by atoms with Crippen molar-refractivity contribution in [2.45, 2.75) is 19.4 Å². The number of hydrogen-bond donors (Lipinski definition) is 3. The zero-order valence-electron chi connectivity index (χ0n) is 8.80. The molecule has 16 heavy (non-hydrogen) atoms. The summed E-state index contributed by atoms with van der Waals surface area (Å²) >= 11 is 0. The van der Waals surface area contributed by atoms with Crippen LogP contribution in [0, 0.1) is 0 Å². The van der Waals surface area contributed by atoms with Crippen LogP contribution in [0.2, 0.25) is 0 Å². The lowest BCUT2D eigenvalue weighted by Crippen LogP contribution is -2.24. The van der Waals surface area contributed by atoms with Crippen LogP contribution in [0.3, 0.4) is 0 Å². The summed E-state index contributed by atoms with van der Waals surface area (Å²) in [5.74, 6) is -1.33. The van der Waals surface area contributed by atoms with E-state index in [2.05, 4.69) is 10.3 Å². The van der Waals surface area contributed by atoms with Gasteiger partial charge in [-0.2, -0.15) is 0 Å². The molecule has 1 rings (SSSR count). The third-order valence-corrected chi connectivity index (χ3v) is 1.77. The first kappa shape index (κ1) is 12.1. The van der Waals surface area contributed by atoms with Crippen molar-refractivity contribution in [3.05, 3.63) is 24.0 Å². The van der Waals surface area contributed by atoms with E-state index in [9.17, 15) is 9.59 Å². The van der Waals surface area contributed by atoms with Gasteiger partial charge >= 0.3 is 5.97 Å². The maximum Gasteiger partial charge on any atom is 0.354 e. The summed E-state index contributed by atoms with van der Waals surface area (Å²) in [5, 5.41) is 11.2. The fourth-order valence-electron chi connectivity index (χ4n) is 1.10. The van der Waals surface area contributed by atoms with Gasteiger partial charge in [0.2, 0.25) is 5.91 Å². The number of carboxylic acid groups (broad SMARTS) is 1. The highest BCUT2D eigenvalue weighted by atomic mass is 16.4. The van der Waals surface area contributed by atoms with Crippen LogP contribution in [0.5, 0.6) is 0 Å². The van der Waals surface area contributed by atoms with Crippen LogP contribution >= 0.6 is 0 Å². The molecule has 0 saturated carbocycles. The van der Waals surface area contributed by atoms with Crippen LogP contribution in [0.1, 0.15) is 23.8 Å². The maximum atomic E-state index is 11.3. The monoisotopic (exact) mass is 223 g/mol. The third kappa shape index (κ3) is 3.66. The second-order valence-corrected chi connectivity index (χ2v) is 3.47. The summed E-state index contributed by atoms with van der Waals surface area (Å²) in [6, 6.07) is 2.59. The predicted octanol–water partition coefficient (Wildman–Crippen LogP) is 0.456. The molecular formula is C10H13N3O3. The van der Waals surface area contributed by atoms with Crippen LogP contribution in [0.25, 0.3) is 0 Å². The van der Waals surface area contributed by atoms with Crippen molar-refractivity contribution in [3.63, 3.8) is 0 Å². The van der Waals surface area contributed by atoms with Gasteiger partial charge in [-0.25, -0.2) is 9.78 Å². The Bertz CT molecular complexity index is 387. The minimum absolute atomic E-state index is 0.0646. The van der Waals surface area contributed by atoms with Gasteiger partial charge < -0.3 is 16.2 Å². The molecule has 86 valence electrons. The van der Waals surface area contributed by atoms with Crippen molar-refractivity contribution in [2.24, 2.45) is 5.73 Å². The fraction of sp³-hybridized carbons (Fsp3) is 0.300. The largest absolute Gasteiger partial charge is 0.477 e. The van der Waals surface area contributed by atoms with Crippen molar-refractivity contribution < 1.29 is 14.7 Å². The lowest BCUT2D eigenvalue weighted by molar-refractivity contribution is -0.116. The Morgan fingerprint density at radius 3 is 2.69 bits per heavy atom. The molecule has 1 amide bonds. The second-order valence-electron chi connectivity index (χ2n) is 3.47. The number of nitrogens with two attached hydrogens (primary N) is 1. The Morgan fingerprint density at radius 1 is 1.56 bits per heavy atom. The molecule has 0 aliphatic carbocycles. The highest BCUT2D eigenvalue weighted by molar-refractivity contribution is 5.91. The molecule has 1 unspecified atom stereocenters. The Labute approximate surface area is 92.5 Å². The summed E-state index contributed by atoms with van der Waals surface area (Å²) in [4.78, 5) is 25.5. The average molecular weight is 223 g/mol. The fourth-order valence-corrected chi connectivity index (χ4v) is 1.10. The van der Waals surface area contributed by atoms with Crippen molar-refractivity contribution in [1.82, 2.24) is 4.98 Å². The number of aromatic nitrogens is 1. The number of rotatable bonds is 4. The predicted molar refractivity (Wildman–Crippen MR) is 58.1 cm³/mol.